The van der Waals surface area contributed by atoms with Gasteiger partial charge in [0.2, 0.25) is 6.10 Å². The zero-order chi connectivity index (χ0) is 19.5. The van der Waals surface area contributed by atoms with Crippen molar-refractivity contribution in [1.29, 1.82) is 0 Å². The summed E-state index contributed by atoms with van der Waals surface area (Å²) in [6.07, 6.45) is -0.0688. The lowest BCUT2D eigenvalue weighted by Crippen LogP contribution is -2.39. The van der Waals surface area contributed by atoms with Gasteiger partial charge in [-0.1, -0.05) is 55.8 Å². The zero-order valence-corrected chi connectivity index (χ0v) is 15.6. The lowest BCUT2D eigenvalue weighted by Gasteiger charge is -2.33. The molecule has 0 saturated carbocycles. The number of rotatable bonds is 6. The van der Waals surface area contributed by atoms with Crippen molar-refractivity contribution in [2.45, 2.75) is 32.0 Å². The van der Waals surface area contributed by atoms with E-state index in [0.29, 0.717) is 29.4 Å². The van der Waals surface area contributed by atoms with Gasteiger partial charge in [0.05, 0.1) is 6.61 Å². The highest BCUT2D eigenvalue weighted by Crippen LogP contribution is 2.44. The molecule has 3 aromatic carbocycles. The summed E-state index contributed by atoms with van der Waals surface area (Å²) in [6, 6.07) is 18.8. The maximum atomic E-state index is 12.0. The molecule has 0 spiro atoms. The van der Waals surface area contributed by atoms with Gasteiger partial charge >= 0.3 is 5.97 Å². The van der Waals surface area contributed by atoms with E-state index in [1.165, 1.54) is 0 Å². The van der Waals surface area contributed by atoms with Gasteiger partial charge in [-0.2, -0.15) is 0 Å². The van der Waals surface area contributed by atoms with Crippen LogP contribution in [0.15, 0.2) is 60.7 Å². The SMILES string of the molecule is CCCCOc1ccc2ccccc2c1C1Oc2ccccc2OC1C(=O)O. The summed E-state index contributed by atoms with van der Waals surface area (Å²) in [5, 5.41) is 11.7. The first kappa shape index (κ1) is 18.2. The molecular weight excluding hydrogens is 356 g/mol. The number of unbranched alkanes of at least 4 members (excludes halogenated alkanes) is 1. The molecule has 2 atom stereocenters. The van der Waals surface area contributed by atoms with Gasteiger partial charge in [0, 0.05) is 5.56 Å². The van der Waals surface area contributed by atoms with Crippen molar-refractivity contribution in [2.24, 2.45) is 0 Å². The van der Waals surface area contributed by atoms with E-state index in [1.807, 2.05) is 42.5 Å². The first-order chi connectivity index (χ1) is 13.7. The van der Waals surface area contributed by atoms with Gasteiger partial charge in [-0.05, 0) is 35.4 Å². The van der Waals surface area contributed by atoms with E-state index in [4.69, 9.17) is 14.2 Å². The maximum absolute atomic E-state index is 12.0. The Hall–Kier alpha value is -3.21. The largest absolute Gasteiger partial charge is 0.493 e. The van der Waals surface area contributed by atoms with Crippen LogP contribution in [-0.4, -0.2) is 23.8 Å². The summed E-state index contributed by atoms with van der Waals surface area (Å²) in [4.78, 5) is 12.0. The Morgan fingerprint density at radius 2 is 1.71 bits per heavy atom. The number of para-hydroxylation sites is 2. The van der Waals surface area contributed by atoms with E-state index >= 15 is 0 Å². The molecule has 0 radical (unpaired) electrons. The van der Waals surface area contributed by atoms with Gasteiger partial charge in [0.25, 0.3) is 0 Å². The van der Waals surface area contributed by atoms with Crippen molar-refractivity contribution in [1.82, 2.24) is 0 Å². The average Bonchev–Trinajstić information content (AvgIpc) is 2.72. The standard InChI is InChI=1S/C23H22O5/c1-2-3-14-26-19-13-12-15-8-4-5-9-16(15)20(19)21-22(23(24)25)28-18-11-7-6-10-17(18)27-21/h4-13,21-22H,2-3,14H2,1H3,(H,24,25). The molecule has 3 aromatic rings. The minimum atomic E-state index is -1.17. The second-order valence-corrected chi connectivity index (χ2v) is 6.76. The van der Waals surface area contributed by atoms with Gasteiger partial charge in [-0.3, -0.25) is 0 Å². The zero-order valence-electron chi connectivity index (χ0n) is 15.6. The second-order valence-electron chi connectivity index (χ2n) is 6.76. The molecule has 0 fully saturated rings. The fourth-order valence-electron chi connectivity index (χ4n) is 3.45. The number of aliphatic carboxylic acids is 1. The molecule has 1 aliphatic heterocycles. The third-order valence-corrected chi connectivity index (χ3v) is 4.85. The Kier molecular flexibility index (Phi) is 5.06. The summed E-state index contributed by atoms with van der Waals surface area (Å²) < 4.78 is 18.0. The van der Waals surface area contributed by atoms with Gasteiger partial charge in [-0.25, -0.2) is 4.79 Å². The number of fused-ring (bicyclic) bond motifs is 2. The highest BCUT2D eigenvalue weighted by atomic mass is 16.6. The monoisotopic (exact) mass is 378 g/mol. The summed E-state index contributed by atoms with van der Waals surface area (Å²) in [7, 11) is 0. The first-order valence-electron chi connectivity index (χ1n) is 9.48. The maximum Gasteiger partial charge on any atom is 0.349 e. The molecule has 4 rings (SSSR count). The number of carboxylic acid groups (broad SMARTS) is 1. The van der Waals surface area contributed by atoms with Gasteiger partial charge < -0.3 is 19.3 Å². The van der Waals surface area contributed by atoms with E-state index < -0.39 is 18.2 Å². The fourth-order valence-corrected chi connectivity index (χ4v) is 3.45. The number of carboxylic acids is 1. The third kappa shape index (κ3) is 3.36. The summed E-state index contributed by atoms with van der Waals surface area (Å²) in [5.74, 6) is 0.510. The minimum absolute atomic E-state index is 0.430. The Balaban J connectivity index is 1.85. The molecule has 144 valence electrons. The van der Waals surface area contributed by atoms with E-state index in [2.05, 4.69) is 6.92 Å². The van der Waals surface area contributed by atoms with Crippen LogP contribution in [0.5, 0.6) is 17.2 Å². The highest BCUT2D eigenvalue weighted by molar-refractivity contribution is 5.89. The first-order valence-corrected chi connectivity index (χ1v) is 9.48. The highest BCUT2D eigenvalue weighted by Gasteiger charge is 2.40. The fraction of sp³-hybridized carbons (Fsp3) is 0.261. The number of hydrogen-bond donors (Lipinski definition) is 1. The number of benzene rings is 3. The van der Waals surface area contributed by atoms with E-state index in [0.717, 1.165) is 23.6 Å². The molecule has 2 unspecified atom stereocenters. The predicted molar refractivity (Wildman–Crippen MR) is 106 cm³/mol. The van der Waals surface area contributed by atoms with Crippen LogP contribution >= 0.6 is 0 Å². The van der Waals surface area contributed by atoms with Gasteiger partial charge in [-0.15, -0.1) is 0 Å². The van der Waals surface area contributed by atoms with Crippen LogP contribution in [0.3, 0.4) is 0 Å². The second kappa shape index (κ2) is 7.80. The Bertz CT molecular complexity index is 997. The number of carbonyl (C=O) groups is 1. The molecule has 5 nitrogen and oxygen atoms in total. The van der Waals surface area contributed by atoms with Crippen molar-refractivity contribution in [3.05, 3.63) is 66.2 Å². The lowest BCUT2D eigenvalue weighted by atomic mass is 9.95. The van der Waals surface area contributed by atoms with Crippen LogP contribution < -0.4 is 14.2 Å². The number of ether oxygens (including phenoxy) is 3. The molecule has 0 amide bonds. The minimum Gasteiger partial charge on any atom is -0.493 e. The molecule has 0 bridgehead atoms. The van der Waals surface area contributed by atoms with E-state index in [-0.39, 0.29) is 0 Å². The molecule has 28 heavy (non-hydrogen) atoms. The van der Waals surface area contributed by atoms with E-state index in [1.54, 1.807) is 18.2 Å². The third-order valence-electron chi connectivity index (χ3n) is 4.85. The van der Waals surface area contributed by atoms with Gasteiger partial charge in [0.15, 0.2) is 17.6 Å². The summed E-state index contributed by atoms with van der Waals surface area (Å²) >= 11 is 0. The Morgan fingerprint density at radius 1 is 1.00 bits per heavy atom. The lowest BCUT2D eigenvalue weighted by molar-refractivity contribution is -0.151. The van der Waals surface area contributed by atoms with Crippen LogP contribution in [0.1, 0.15) is 31.4 Å². The van der Waals surface area contributed by atoms with Gasteiger partial charge in [0.1, 0.15) is 5.75 Å². The van der Waals surface area contributed by atoms with Crippen molar-refractivity contribution >= 4 is 16.7 Å². The topological polar surface area (TPSA) is 65.0 Å². The van der Waals surface area contributed by atoms with Crippen molar-refractivity contribution in [3.63, 3.8) is 0 Å². The molecule has 5 heteroatoms. The predicted octanol–water partition coefficient (Wildman–Crippen LogP) is 4.98. The van der Waals surface area contributed by atoms with Crippen molar-refractivity contribution in [3.8, 4) is 17.2 Å². The normalized spacial score (nSPS) is 18.0. The molecule has 1 heterocycles. The molecule has 0 saturated heterocycles. The Morgan fingerprint density at radius 3 is 2.46 bits per heavy atom. The van der Waals surface area contributed by atoms with Crippen LogP contribution in [0, 0.1) is 0 Å². The van der Waals surface area contributed by atoms with Crippen LogP contribution in [0.2, 0.25) is 0 Å². The summed E-state index contributed by atoms with van der Waals surface area (Å²) in [5.41, 5.74) is 0.705. The molecule has 1 N–H and O–H groups in total. The molecule has 0 aromatic heterocycles. The van der Waals surface area contributed by atoms with E-state index in [9.17, 15) is 9.90 Å². The van der Waals surface area contributed by atoms with Crippen LogP contribution in [0.4, 0.5) is 0 Å². The summed E-state index contributed by atoms with van der Waals surface area (Å²) in [6.45, 7) is 2.66. The van der Waals surface area contributed by atoms with Crippen molar-refractivity contribution in [2.75, 3.05) is 6.61 Å². The molecule has 1 aliphatic rings. The smallest absolute Gasteiger partial charge is 0.349 e. The van der Waals surface area contributed by atoms with Crippen LogP contribution in [-0.2, 0) is 4.79 Å². The number of hydrogen-bond acceptors (Lipinski definition) is 4. The van der Waals surface area contributed by atoms with Crippen LogP contribution in [0.25, 0.3) is 10.8 Å². The molecule has 0 aliphatic carbocycles. The Labute approximate surface area is 163 Å². The average molecular weight is 378 g/mol. The quantitative estimate of drug-likeness (QED) is 0.613. The van der Waals surface area contributed by atoms with Crippen molar-refractivity contribution < 1.29 is 24.1 Å². The molecular formula is C23H22O5.